The standard InChI is InChI=1S/C19H18ClN3O3S/c1-11(2)26-18(25)12-3-6-14(7-4-12)21-17(24)10-27-19-22-15-8-5-13(20)9-16(15)23-19/h3-9,11H,10H2,1-2H3,(H,21,24)(H,22,23). The second-order valence-electron chi connectivity index (χ2n) is 6.07. The number of hydrogen-bond donors (Lipinski definition) is 2. The number of halogens is 1. The number of esters is 1. The largest absolute Gasteiger partial charge is 0.459 e. The summed E-state index contributed by atoms with van der Waals surface area (Å²) in [6.45, 7) is 3.58. The Hall–Kier alpha value is -2.51. The Morgan fingerprint density at radius 2 is 1.96 bits per heavy atom. The lowest BCUT2D eigenvalue weighted by Crippen LogP contribution is -2.15. The fraction of sp³-hybridized carbons (Fsp3) is 0.211. The highest BCUT2D eigenvalue weighted by Gasteiger charge is 2.11. The van der Waals surface area contributed by atoms with Crippen LogP contribution in [-0.2, 0) is 9.53 Å². The number of H-pyrrole nitrogens is 1. The lowest BCUT2D eigenvalue weighted by atomic mass is 10.2. The highest BCUT2D eigenvalue weighted by Crippen LogP contribution is 2.22. The topological polar surface area (TPSA) is 84.1 Å². The predicted octanol–water partition coefficient (Wildman–Crippen LogP) is 4.51. The van der Waals surface area contributed by atoms with Crippen molar-refractivity contribution in [2.75, 3.05) is 11.1 Å². The molecule has 1 heterocycles. The summed E-state index contributed by atoms with van der Waals surface area (Å²) >= 11 is 7.25. The van der Waals surface area contributed by atoms with Crippen LogP contribution in [-0.4, -0.2) is 33.7 Å². The van der Waals surface area contributed by atoms with E-state index in [0.717, 1.165) is 11.0 Å². The van der Waals surface area contributed by atoms with Crippen LogP contribution in [0.2, 0.25) is 5.02 Å². The molecule has 0 saturated heterocycles. The number of thioether (sulfide) groups is 1. The number of aromatic amines is 1. The van der Waals surface area contributed by atoms with E-state index >= 15 is 0 Å². The minimum atomic E-state index is -0.386. The van der Waals surface area contributed by atoms with Crippen molar-refractivity contribution < 1.29 is 14.3 Å². The van der Waals surface area contributed by atoms with Crippen molar-refractivity contribution in [1.29, 1.82) is 0 Å². The molecule has 0 aliphatic carbocycles. The molecule has 2 N–H and O–H groups in total. The summed E-state index contributed by atoms with van der Waals surface area (Å²) in [5.41, 5.74) is 2.68. The number of imidazole rings is 1. The molecular formula is C19H18ClN3O3S. The minimum Gasteiger partial charge on any atom is -0.459 e. The Balaban J connectivity index is 1.54. The van der Waals surface area contributed by atoms with Crippen LogP contribution in [0.15, 0.2) is 47.6 Å². The maximum atomic E-state index is 12.1. The van der Waals surface area contributed by atoms with Gasteiger partial charge in [0.15, 0.2) is 5.16 Å². The first-order valence-electron chi connectivity index (χ1n) is 8.29. The van der Waals surface area contributed by atoms with E-state index in [9.17, 15) is 9.59 Å². The molecule has 1 aromatic heterocycles. The van der Waals surface area contributed by atoms with Crippen molar-refractivity contribution in [2.45, 2.75) is 25.1 Å². The lowest BCUT2D eigenvalue weighted by Gasteiger charge is -2.09. The summed E-state index contributed by atoms with van der Waals surface area (Å²) in [7, 11) is 0. The number of benzene rings is 2. The number of nitrogens with zero attached hydrogens (tertiary/aromatic N) is 1. The third-order valence-corrected chi connectivity index (χ3v) is 4.62. The van der Waals surface area contributed by atoms with Gasteiger partial charge in [-0.3, -0.25) is 4.79 Å². The molecule has 27 heavy (non-hydrogen) atoms. The third kappa shape index (κ3) is 5.24. The van der Waals surface area contributed by atoms with Gasteiger partial charge in [-0.2, -0.15) is 0 Å². The van der Waals surface area contributed by atoms with Gasteiger partial charge in [0.1, 0.15) is 0 Å². The van der Waals surface area contributed by atoms with E-state index in [4.69, 9.17) is 16.3 Å². The van der Waals surface area contributed by atoms with E-state index in [1.807, 2.05) is 6.07 Å². The number of fused-ring (bicyclic) bond motifs is 1. The number of carbonyl (C=O) groups is 2. The van der Waals surface area contributed by atoms with Crippen LogP contribution in [0.5, 0.6) is 0 Å². The van der Waals surface area contributed by atoms with E-state index in [0.29, 0.717) is 21.4 Å². The molecular weight excluding hydrogens is 386 g/mol. The number of ether oxygens (including phenoxy) is 1. The Bertz CT molecular complexity index is 970. The molecule has 1 amide bonds. The molecule has 6 nitrogen and oxygen atoms in total. The molecule has 0 aliphatic rings. The zero-order chi connectivity index (χ0) is 19.4. The lowest BCUT2D eigenvalue weighted by molar-refractivity contribution is -0.113. The maximum absolute atomic E-state index is 12.1. The van der Waals surface area contributed by atoms with Crippen LogP contribution in [0.4, 0.5) is 5.69 Å². The van der Waals surface area contributed by atoms with Crippen molar-refractivity contribution in [3.63, 3.8) is 0 Å². The molecule has 3 rings (SSSR count). The summed E-state index contributed by atoms with van der Waals surface area (Å²) in [6.07, 6.45) is -0.178. The van der Waals surface area contributed by atoms with Gasteiger partial charge in [-0.05, 0) is 56.3 Å². The van der Waals surface area contributed by atoms with E-state index in [1.54, 1.807) is 50.2 Å². The zero-order valence-corrected chi connectivity index (χ0v) is 16.4. The molecule has 0 atom stereocenters. The highest BCUT2D eigenvalue weighted by molar-refractivity contribution is 7.99. The maximum Gasteiger partial charge on any atom is 0.338 e. The molecule has 0 bridgehead atoms. The van der Waals surface area contributed by atoms with Crippen molar-refractivity contribution in [2.24, 2.45) is 0 Å². The van der Waals surface area contributed by atoms with Gasteiger partial charge in [-0.15, -0.1) is 0 Å². The fourth-order valence-corrected chi connectivity index (χ4v) is 3.19. The molecule has 0 spiro atoms. The van der Waals surface area contributed by atoms with Gasteiger partial charge in [-0.25, -0.2) is 9.78 Å². The van der Waals surface area contributed by atoms with Gasteiger partial charge in [0.2, 0.25) is 5.91 Å². The SMILES string of the molecule is CC(C)OC(=O)c1ccc(NC(=O)CSc2nc3ccc(Cl)cc3[nH]2)cc1. The Morgan fingerprint density at radius 1 is 1.22 bits per heavy atom. The van der Waals surface area contributed by atoms with Crippen LogP contribution in [0.25, 0.3) is 11.0 Å². The second kappa shape index (κ2) is 8.45. The van der Waals surface area contributed by atoms with Crippen molar-refractivity contribution in [1.82, 2.24) is 9.97 Å². The average Bonchev–Trinajstić information content (AvgIpc) is 3.02. The predicted molar refractivity (Wildman–Crippen MR) is 107 cm³/mol. The van der Waals surface area contributed by atoms with E-state index in [2.05, 4.69) is 15.3 Å². The van der Waals surface area contributed by atoms with Gasteiger partial charge >= 0.3 is 5.97 Å². The van der Waals surface area contributed by atoms with Gasteiger partial charge < -0.3 is 15.0 Å². The Labute approximate surface area is 165 Å². The van der Waals surface area contributed by atoms with Crippen molar-refractivity contribution in [3.05, 3.63) is 53.1 Å². The summed E-state index contributed by atoms with van der Waals surface area (Å²) in [5.74, 6) is -0.357. The minimum absolute atomic E-state index is 0.170. The molecule has 3 aromatic rings. The van der Waals surface area contributed by atoms with Gasteiger partial charge in [0, 0.05) is 10.7 Å². The quantitative estimate of drug-likeness (QED) is 0.467. The molecule has 0 aliphatic heterocycles. The Morgan fingerprint density at radius 3 is 2.67 bits per heavy atom. The summed E-state index contributed by atoms with van der Waals surface area (Å²) in [4.78, 5) is 31.5. The molecule has 0 radical (unpaired) electrons. The van der Waals surface area contributed by atoms with Crippen molar-refractivity contribution >= 4 is 52.0 Å². The van der Waals surface area contributed by atoms with Crippen molar-refractivity contribution in [3.8, 4) is 0 Å². The number of rotatable bonds is 6. The summed E-state index contributed by atoms with van der Waals surface area (Å²) < 4.78 is 5.13. The highest BCUT2D eigenvalue weighted by atomic mass is 35.5. The monoisotopic (exact) mass is 403 g/mol. The van der Waals surface area contributed by atoms with Gasteiger partial charge in [-0.1, -0.05) is 23.4 Å². The number of amides is 1. The molecule has 0 saturated carbocycles. The van der Waals surface area contributed by atoms with Crippen LogP contribution in [0, 0.1) is 0 Å². The normalized spacial score (nSPS) is 11.0. The summed E-state index contributed by atoms with van der Waals surface area (Å²) in [5, 5.41) is 4.06. The van der Waals surface area contributed by atoms with Gasteiger partial charge in [0.25, 0.3) is 0 Å². The van der Waals surface area contributed by atoms with Crippen LogP contribution >= 0.6 is 23.4 Å². The molecule has 0 unspecified atom stereocenters. The smallest absolute Gasteiger partial charge is 0.338 e. The number of nitrogens with one attached hydrogen (secondary N) is 2. The molecule has 0 fully saturated rings. The second-order valence-corrected chi connectivity index (χ2v) is 7.47. The number of anilines is 1. The zero-order valence-electron chi connectivity index (χ0n) is 14.8. The molecule has 8 heteroatoms. The van der Waals surface area contributed by atoms with Crippen LogP contribution in [0.1, 0.15) is 24.2 Å². The molecule has 2 aromatic carbocycles. The molecule has 140 valence electrons. The average molecular weight is 404 g/mol. The van der Waals surface area contributed by atoms with Gasteiger partial charge in [0.05, 0.1) is 28.5 Å². The third-order valence-electron chi connectivity index (χ3n) is 3.51. The summed E-state index contributed by atoms with van der Waals surface area (Å²) in [6, 6.07) is 12.0. The van der Waals surface area contributed by atoms with Crippen LogP contribution in [0.3, 0.4) is 0 Å². The Kier molecular flexibility index (Phi) is 6.03. The first-order valence-corrected chi connectivity index (χ1v) is 9.66. The first kappa shape index (κ1) is 19.3. The van der Waals surface area contributed by atoms with E-state index in [1.165, 1.54) is 11.8 Å². The first-order chi connectivity index (χ1) is 12.9. The fourth-order valence-electron chi connectivity index (χ4n) is 2.33. The van der Waals surface area contributed by atoms with E-state index < -0.39 is 0 Å². The number of carbonyl (C=O) groups excluding carboxylic acids is 2. The van der Waals surface area contributed by atoms with Crippen LogP contribution < -0.4 is 5.32 Å². The number of aromatic nitrogens is 2. The van der Waals surface area contributed by atoms with E-state index in [-0.39, 0.29) is 23.7 Å². The number of hydrogen-bond acceptors (Lipinski definition) is 5.